The summed E-state index contributed by atoms with van der Waals surface area (Å²) in [5.74, 6) is -0.689. The van der Waals surface area contributed by atoms with Crippen LogP contribution in [0.2, 0.25) is 0 Å². The van der Waals surface area contributed by atoms with Gasteiger partial charge in [0.25, 0.3) is 5.56 Å². The first-order chi connectivity index (χ1) is 8.52. The molecule has 0 saturated heterocycles. The van der Waals surface area contributed by atoms with Crippen molar-refractivity contribution in [3.05, 3.63) is 38.2 Å². The summed E-state index contributed by atoms with van der Waals surface area (Å²) in [5.41, 5.74) is -0.772. The smallest absolute Gasteiger partial charge is 0.332 e. The Morgan fingerprint density at radius 2 is 1.94 bits per heavy atom. The highest BCUT2D eigenvalue weighted by Gasteiger charge is 2.29. The number of allylic oxidation sites excluding steroid dienone is 1. The van der Waals surface area contributed by atoms with Crippen LogP contribution in [0.5, 0.6) is 0 Å². The SMILES string of the molecule is Cn1c2c(c(=O)n(C)c1=O)C(C#N)C(C#N)=CN2. The van der Waals surface area contributed by atoms with Gasteiger partial charge in [0.2, 0.25) is 0 Å². The van der Waals surface area contributed by atoms with E-state index in [1.807, 2.05) is 12.1 Å². The number of aromatic nitrogens is 2. The van der Waals surface area contributed by atoms with Gasteiger partial charge in [0, 0.05) is 20.3 Å². The predicted octanol–water partition coefficient (Wildman–Crippen LogP) is -0.476. The highest BCUT2D eigenvalue weighted by Crippen LogP contribution is 2.29. The second kappa shape index (κ2) is 3.90. The van der Waals surface area contributed by atoms with E-state index in [2.05, 4.69) is 5.32 Å². The molecule has 1 N–H and O–H groups in total. The van der Waals surface area contributed by atoms with Gasteiger partial charge in [-0.3, -0.25) is 13.9 Å². The van der Waals surface area contributed by atoms with Gasteiger partial charge in [0.05, 0.1) is 23.3 Å². The van der Waals surface area contributed by atoms with E-state index in [9.17, 15) is 9.59 Å². The average molecular weight is 243 g/mol. The van der Waals surface area contributed by atoms with E-state index >= 15 is 0 Å². The lowest BCUT2D eigenvalue weighted by Crippen LogP contribution is -2.41. The normalized spacial score (nSPS) is 16.9. The predicted molar refractivity (Wildman–Crippen MR) is 62.6 cm³/mol. The third kappa shape index (κ3) is 1.35. The fraction of sp³-hybridized carbons (Fsp3) is 0.273. The van der Waals surface area contributed by atoms with Crippen molar-refractivity contribution in [2.24, 2.45) is 14.1 Å². The molecule has 0 saturated carbocycles. The van der Waals surface area contributed by atoms with Crippen LogP contribution in [0.3, 0.4) is 0 Å². The molecule has 1 aliphatic rings. The maximum atomic E-state index is 12.0. The number of nitrogens with one attached hydrogen (secondary N) is 1. The van der Waals surface area contributed by atoms with E-state index in [0.29, 0.717) is 0 Å². The number of nitriles is 2. The lowest BCUT2D eigenvalue weighted by Gasteiger charge is -2.21. The minimum Gasteiger partial charge on any atom is -0.346 e. The fourth-order valence-electron chi connectivity index (χ4n) is 1.92. The van der Waals surface area contributed by atoms with Crippen LogP contribution in [0.4, 0.5) is 5.82 Å². The lowest BCUT2D eigenvalue weighted by atomic mass is 9.92. The van der Waals surface area contributed by atoms with Gasteiger partial charge in [-0.15, -0.1) is 0 Å². The van der Waals surface area contributed by atoms with Gasteiger partial charge in [0.15, 0.2) is 0 Å². The molecule has 2 heterocycles. The van der Waals surface area contributed by atoms with E-state index in [1.54, 1.807) is 0 Å². The van der Waals surface area contributed by atoms with Gasteiger partial charge in [0.1, 0.15) is 11.7 Å². The minimum atomic E-state index is -0.947. The standard InChI is InChI=1S/C11H9N5O2/c1-15-9-8(10(17)16(2)11(15)18)7(4-13)6(3-12)5-14-9/h5,7,14H,1-2H3. The van der Waals surface area contributed by atoms with Gasteiger partial charge < -0.3 is 5.32 Å². The van der Waals surface area contributed by atoms with Crippen LogP contribution in [0.25, 0.3) is 0 Å². The Hall–Kier alpha value is -2.80. The number of nitrogens with zero attached hydrogens (tertiary/aromatic N) is 4. The van der Waals surface area contributed by atoms with E-state index in [0.717, 1.165) is 4.57 Å². The molecule has 7 nitrogen and oxygen atoms in total. The van der Waals surface area contributed by atoms with Crippen molar-refractivity contribution in [2.75, 3.05) is 5.32 Å². The largest absolute Gasteiger partial charge is 0.346 e. The Morgan fingerprint density at radius 3 is 2.50 bits per heavy atom. The van der Waals surface area contributed by atoms with Crippen LogP contribution >= 0.6 is 0 Å². The molecule has 0 bridgehead atoms. The average Bonchev–Trinajstić information content (AvgIpc) is 2.40. The fourth-order valence-corrected chi connectivity index (χ4v) is 1.92. The molecule has 0 amide bonds. The summed E-state index contributed by atoms with van der Waals surface area (Å²) in [6.07, 6.45) is 1.34. The molecule has 0 spiro atoms. The number of hydrogen-bond donors (Lipinski definition) is 1. The summed E-state index contributed by atoms with van der Waals surface area (Å²) in [4.78, 5) is 23.8. The molecule has 0 radical (unpaired) electrons. The summed E-state index contributed by atoms with van der Waals surface area (Å²) in [6, 6.07) is 3.78. The first kappa shape index (κ1) is 11.7. The molecule has 7 heteroatoms. The molecule has 1 aliphatic heterocycles. The minimum absolute atomic E-state index is 0.126. The Labute approximate surface area is 102 Å². The molecular weight excluding hydrogens is 234 g/mol. The molecule has 1 aromatic heterocycles. The van der Waals surface area contributed by atoms with Crippen LogP contribution in [-0.4, -0.2) is 9.13 Å². The molecule has 2 rings (SSSR count). The maximum absolute atomic E-state index is 12.0. The van der Waals surface area contributed by atoms with Crippen molar-refractivity contribution in [3.8, 4) is 12.1 Å². The molecule has 0 aliphatic carbocycles. The van der Waals surface area contributed by atoms with E-state index in [-0.39, 0.29) is 17.0 Å². The van der Waals surface area contributed by atoms with E-state index in [4.69, 9.17) is 10.5 Å². The monoisotopic (exact) mass is 243 g/mol. The Bertz CT molecular complexity index is 754. The summed E-state index contributed by atoms with van der Waals surface area (Å²) < 4.78 is 2.16. The Morgan fingerprint density at radius 1 is 1.28 bits per heavy atom. The second-order valence-electron chi connectivity index (χ2n) is 3.89. The van der Waals surface area contributed by atoms with Gasteiger partial charge in [-0.25, -0.2) is 4.79 Å². The third-order valence-electron chi connectivity index (χ3n) is 2.92. The topological polar surface area (TPSA) is 104 Å². The Balaban J connectivity index is 2.90. The summed E-state index contributed by atoms with van der Waals surface area (Å²) >= 11 is 0. The summed E-state index contributed by atoms with van der Waals surface area (Å²) in [6.45, 7) is 0. The van der Waals surface area contributed by atoms with Gasteiger partial charge in [-0.05, 0) is 0 Å². The van der Waals surface area contributed by atoms with Crippen molar-refractivity contribution in [1.29, 1.82) is 10.5 Å². The molecule has 0 fully saturated rings. The van der Waals surface area contributed by atoms with Gasteiger partial charge in [-0.1, -0.05) is 0 Å². The van der Waals surface area contributed by atoms with Gasteiger partial charge in [-0.2, -0.15) is 10.5 Å². The molecular formula is C11H9N5O2. The first-order valence-corrected chi connectivity index (χ1v) is 5.09. The first-order valence-electron chi connectivity index (χ1n) is 5.09. The van der Waals surface area contributed by atoms with Crippen molar-refractivity contribution in [2.45, 2.75) is 5.92 Å². The van der Waals surface area contributed by atoms with E-state index < -0.39 is 17.2 Å². The number of fused-ring (bicyclic) bond motifs is 1. The zero-order valence-electron chi connectivity index (χ0n) is 9.76. The second-order valence-corrected chi connectivity index (χ2v) is 3.89. The molecule has 18 heavy (non-hydrogen) atoms. The van der Waals surface area contributed by atoms with Crippen LogP contribution in [0.15, 0.2) is 21.4 Å². The lowest BCUT2D eigenvalue weighted by molar-refractivity contribution is 0.671. The molecule has 90 valence electrons. The number of rotatable bonds is 0. The summed E-state index contributed by atoms with van der Waals surface area (Å²) in [7, 11) is 2.83. The van der Waals surface area contributed by atoms with Crippen LogP contribution in [0, 0.1) is 22.7 Å². The highest BCUT2D eigenvalue weighted by atomic mass is 16.2. The van der Waals surface area contributed by atoms with Crippen molar-refractivity contribution in [1.82, 2.24) is 9.13 Å². The quantitative estimate of drug-likeness (QED) is 0.663. The Kier molecular flexibility index (Phi) is 2.53. The molecule has 1 atom stereocenters. The number of anilines is 1. The zero-order chi connectivity index (χ0) is 13.4. The molecule has 1 aromatic rings. The van der Waals surface area contributed by atoms with E-state index in [1.165, 1.54) is 24.9 Å². The van der Waals surface area contributed by atoms with Crippen LogP contribution in [0.1, 0.15) is 11.5 Å². The van der Waals surface area contributed by atoms with Gasteiger partial charge >= 0.3 is 5.69 Å². The van der Waals surface area contributed by atoms with Crippen LogP contribution < -0.4 is 16.6 Å². The third-order valence-corrected chi connectivity index (χ3v) is 2.92. The maximum Gasteiger partial charge on any atom is 0.332 e. The highest BCUT2D eigenvalue weighted by molar-refractivity contribution is 5.60. The van der Waals surface area contributed by atoms with Crippen molar-refractivity contribution < 1.29 is 0 Å². The van der Waals surface area contributed by atoms with Crippen molar-refractivity contribution >= 4 is 5.82 Å². The summed E-state index contributed by atoms with van der Waals surface area (Å²) in [5, 5.41) is 20.7. The molecule has 0 aromatic carbocycles. The zero-order valence-corrected chi connectivity index (χ0v) is 9.76. The van der Waals surface area contributed by atoms with Crippen molar-refractivity contribution in [3.63, 3.8) is 0 Å². The molecule has 1 unspecified atom stereocenters. The number of hydrogen-bond acceptors (Lipinski definition) is 5. The van der Waals surface area contributed by atoms with Crippen LogP contribution in [-0.2, 0) is 14.1 Å².